The summed E-state index contributed by atoms with van der Waals surface area (Å²) in [5.74, 6) is -0.325. The fraction of sp³-hybridized carbons (Fsp3) is 0.433. The number of aromatic nitrogens is 1. The van der Waals surface area contributed by atoms with Gasteiger partial charge in [0.2, 0.25) is 0 Å². The highest BCUT2D eigenvalue weighted by atomic mass is 16.6. The maximum Gasteiger partial charge on any atom is 0.410 e. The number of amides is 1. The first-order valence-electron chi connectivity index (χ1n) is 13.3. The van der Waals surface area contributed by atoms with Crippen molar-refractivity contribution in [2.24, 2.45) is 0 Å². The molecule has 0 radical (unpaired) electrons. The summed E-state index contributed by atoms with van der Waals surface area (Å²) in [6, 6.07) is 15.1. The molecule has 9 nitrogen and oxygen atoms in total. The van der Waals surface area contributed by atoms with Crippen LogP contribution in [0.1, 0.15) is 43.1 Å². The number of anilines is 1. The van der Waals surface area contributed by atoms with Gasteiger partial charge in [0.15, 0.2) is 0 Å². The van der Waals surface area contributed by atoms with Gasteiger partial charge in [0.05, 0.1) is 16.8 Å². The lowest BCUT2D eigenvalue weighted by Crippen LogP contribution is -2.50. The lowest BCUT2D eigenvalue weighted by Gasteiger charge is -2.35. The van der Waals surface area contributed by atoms with Crippen LogP contribution in [0.4, 0.5) is 10.5 Å². The fourth-order valence-corrected chi connectivity index (χ4v) is 4.63. The van der Waals surface area contributed by atoms with Gasteiger partial charge in [0, 0.05) is 57.4 Å². The number of aromatic carboxylic acids is 1. The predicted molar refractivity (Wildman–Crippen MR) is 152 cm³/mol. The molecule has 0 unspecified atom stereocenters. The Balaban J connectivity index is 1.41. The van der Waals surface area contributed by atoms with Crippen molar-refractivity contribution in [2.45, 2.75) is 39.4 Å². The minimum absolute atomic E-state index is 0.215. The van der Waals surface area contributed by atoms with E-state index in [0.29, 0.717) is 36.3 Å². The molecule has 2 heterocycles. The summed E-state index contributed by atoms with van der Waals surface area (Å²) in [7, 11) is 1.99. The highest BCUT2D eigenvalue weighted by Crippen LogP contribution is 2.34. The molecule has 0 aliphatic carbocycles. The predicted octanol–water partition coefficient (Wildman–Crippen LogP) is 4.89. The fourth-order valence-electron chi connectivity index (χ4n) is 4.63. The van der Waals surface area contributed by atoms with E-state index < -0.39 is 11.6 Å². The Kier molecular flexibility index (Phi) is 8.91. The summed E-state index contributed by atoms with van der Waals surface area (Å²) in [4.78, 5) is 34.8. The molecule has 3 aromatic rings. The molecule has 1 saturated heterocycles. The van der Waals surface area contributed by atoms with Gasteiger partial charge in [-0.3, -0.25) is 9.88 Å². The van der Waals surface area contributed by atoms with Crippen LogP contribution in [-0.2, 0) is 11.3 Å². The largest absolute Gasteiger partial charge is 0.487 e. The van der Waals surface area contributed by atoms with Gasteiger partial charge < -0.3 is 24.4 Å². The van der Waals surface area contributed by atoms with Crippen molar-refractivity contribution in [1.82, 2.24) is 14.8 Å². The van der Waals surface area contributed by atoms with Crippen LogP contribution in [0.3, 0.4) is 0 Å². The van der Waals surface area contributed by atoms with Gasteiger partial charge in [0.25, 0.3) is 0 Å². The van der Waals surface area contributed by atoms with Crippen LogP contribution in [-0.4, -0.2) is 83.9 Å². The van der Waals surface area contributed by atoms with E-state index in [4.69, 9.17) is 9.47 Å². The number of piperazine rings is 1. The van der Waals surface area contributed by atoms with Crippen molar-refractivity contribution in [2.75, 3.05) is 51.2 Å². The summed E-state index contributed by atoms with van der Waals surface area (Å²) in [6.07, 6.45) is 2.16. The van der Waals surface area contributed by atoms with Gasteiger partial charge in [-0.25, -0.2) is 9.59 Å². The zero-order valence-corrected chi connectivity index (χ0v) is 23.2. The van der Waals surface area contributed by atoms with Gasteiger partial charge in [-0.1, -0.05) is 30.3 Å². The molecular formula is C30H38N4O5. The van der Waals surface area contributed by atoms with E-state index >= 15 is 0 Å². The molecule has 1 aliphatic rings. The van der Waals surface area contributed by atoms with Crippen LogP contribution in [0.5, 0.6) is 5.75 Å². The van der Waals surface area contributed by atoms with E-state index in [1.54, 1.807) is 4.90 Å². The highest BCUT2D eigenvalue weighted by Gasteiger charge is 2.25. The average Bonchev–Trinajstić information content (AvgIpc) is 2.90. The molecule has 1 aliphatic heterocycles. The van der Waals surface area contributed by atoms with Gasteiger partial charge in [0.1, 0.15) is 18.0 Å². The SMILES string of the molecule is CN(CCCN1CCN(C(=O)OC(C)(C)C)CC1)c1cc2c(C(=O)O)ccnc2cc1OCc1ccccc1. The number of fused-ring (bicyclic) bond motifs is 1. The molecule has 1 N–H and O–H groups in total. The number of carbonyl (C=O) groups is 2. The second-order valence-electron chi connectivity index (χ2n) is 10.9. The molecule has 1 fully saturated rings. The van der Waals surface area contributed by atoms with Crippen LogP contribution in [0.25, 0.3) is 10.9 Å². The first kappa shape index (κ1) is 28.2. The molecule has 39 heavy (non-hydrogen) atoms. The van der Waals surface area contributed by atoms with E-state index in [1.807, 2.05) is 70.3 Å². The van der Waals surface area contributed by atoms with Crippen molar-refractivity contribution < 1.29 is 24.2 Å². The smallest absolute Gasteiger partial charge is 0.410 e. The molecule has 1 aromatic heterocycles. The molecule has 1 amide bonds. The summed E-state index contributed by atoms with van der Waals surface area (Å²) in [5, 5.41) is 10.3. The minimum Gasteiger partial charge on any atom is -0.487 e. The van der Waals surface area contributed by atoms with Crippen LogP contribution < -0.4 is 9.64 Å². The summed E-state index contributed by atoms with van der Waals surface area (Å²) < 4.78 is 11.7. The summed E-state index contributed by atoms with van der Waals surface area (Å²) in [6.45, 7) is 10.6. The van der Waals surface area contributed by atoms with Crippen LogP contribution >= 0.6 is 0 Å². The lowest BCUT2D eigenvalue weighted by atomic mass is 10.1. The van der Waals surface area contributed by atoms with Crippen LogP contribution in [0.2, 0.25) is 0 Å². The number of carbonyl (C=O) groups excluding carboxylic acids is 1. The van der Waals surface area contributed by atoms with Gasteiger partial charge in [-0.05, 0) is 51.4 Å². The lowest BCUT2D eigenvalue weighted by molar-refractivity contribution is 0.0145. The topological polar surface area (TPSA) is 95.4 Å². The van der Waals surface area contributed by atoms with Crippen molar-refractivity contribution in [3.63, 3.8) is 0 Å². The minimum atomic E-state index is -0.987. The number of hydrogen-bond acceptors (Lipinski definition) is 7. The first-order valence-corrected chi connectivity index (χ1v) is 13.3. The average molecular weight is 535 g/mol. The third kappa shape index (κ3) is 7.60. The number of carboxylic acids is 1. The third-order valence-electron chi connectivity index (χ3n) is 6.69. The normalized spacial score (nSPS) is 14.3. The number of rotatable bonds is 9. The molecular weight excluding hydrogens is 496 g/mol. The molecule has 0 atom stereocenters. The molecule has 2 aromatic carbocycles. The number of ether oxygens (including phenoxy) is 2. The standard InChI is InChI=1S/C30H38N4O5/c1-30(2,3)39-29(37)34-17-15-33(16-18-34)14-8-13-32(4)26-19-24-23(28(35)36)11-12-31-25(24)20-27(26)38-21-22-9-6-5-7-10-22/h5-7,9-12,19-20H,8,13-18,21H2,1-4H3,(H,35,36). The van der Waals surface area contributed by atoms with Gasteiger partial charge in [-0.15, -0.1) is 0 Å². The Labute approximate surface area is 229 Å². The van der Waals surface area contributed by atoms with Gasteiger partial charge >= 0.3 is 12.1 Å². The van der Waals surface area contributed by atoms with Crippen LogP contribution in [0, 0.1) is 0 Å². The molecule has 208 valence electrons. The number of hydrogen-bond donors (Lipinski definition) is 1. The Morgan fingerprint density at radius 3 is 2.44 bits per heavy atom. The molecule has 0 spiro atoms. The first-order chi connectivity index (χ1) is 18.6. The van der Waals surface area contributed by atoms with E-state index in [0.717, 1.165) is 43.9 Å². The zero-order valence-electron chi connectivity index (χ0n) is 23.2. The third-order valence-corrected chi connectivity index (χ3v) is 6.69. The second kappa shape index (κ2) is 12.3. The Morgan fingerprint density at radius 1 is 1.05 bits per heavy atom. The monoisotopic (exact) mass is 534 g/mol. The second-order valence-corrected chi connectivity index (χ2v) is 10.9. The number of pyridine rings is 1. The zero-order chi connectivity index (χ0) is 28.0. The van der Waals surface area contributed by atoms with E-state index in [1.165, 1.54) is 12.3 Å². The maximum atomic E-state index is 12.3. The van der Waals surface area contributed by atoms with Crippen molar-refractivity contribution >= 4 is 28.7 Å². The Morgan fingerprint density at radius 2 is 1.77 bits per heavy atom. The van der Waals surface area contributed by atoms with E-state index in [-0.39, 0.29) is 11.7 Å². The number of nitrogens with zero attached hydrogens (tertiary/aromatic N) is 4. The molecule has 9 heteroatoms. The Bertz CT molecular complexity index is 1280. The Hall–Kier alpha value is -3.85. The van der Waals surface area contributed by atoms with Crippen molar-refractivity contribution in [1.29, 1.82) is 0 Å². The van der Waals surface area contributed by atoms with E-state index in [2.05, 4.69) is 14.8 Å². The maximum absolute atomic E-state index is 12.3. The summed E-state index contributed by atoms with van der Waals surface area (Å²) in [5.41, 5.74) is 2.17. The number of carboxylic acid groups (broad SMARTS) is 1. The van der Waals surface area contributed by atoms with Crippen molar-refractivity contribution in [3.05, 3.63) is 65.9 Å². The van der Waals surface area contributed by atoms with Crippen LogP contribution in [0.15, 0.2) is 54.7 Å². The number of benzene rings is 2. The molecule has 0 saturated carbocycles. The highest BCUT2D eigenvalue weighted by molar-refractivity contribution is 6.04. The summed E-state index contributed by atoms with van der Waals surface area (Å²) >= 11 is 0. The quantitative estimate of drug-likeness (QED) is 0.415. The van der Waals surface area contributed by atoms with Gasteiger partial charge in [-0.2, -0.15) is 0 Å². The molecule has 0 bridgehead atoms. The van der Waals surface area contributed by atoms with E-state index in [9.17, 15) is 14.7 Å². The van der Waals surface area contributed by atoms with Crippen molar-refractivity contribution in [3.8, 4) is 5.75 Å². The molecule has 4 rings (SSSR count).